The first kappa shape index (κ1) is 12.1. The zero-order valence-corrected chi connectivity index (χ0v) is 11.3. The molecule has 1 heterocycles. The summed E-state index contributed by atoms with van der Waals surface area (Å²) in [6.45, 7) is 6.84. The van der Waals surface area contributed by atoms with Gasteiger partial charge in [0.2, 0.25) is 0 Å². The number of rotatable bonds is 4. The van der Waals surface area contributed by atoms with E-state index < -0.39 is 0 Å². The van der Waals surface area contributed by atoms with Gasteiger partial charge in [0, 0.05) is 5.38 Å². The summed E-state index contributed by atoms with van der Waals surface area (Å²) in [6.07, 6.45) is 0.994. The van der Waals surface area contributed by atoms with Crippen molar-refractivity contribution in [1.29, 1.82) is 0 Å². The lowest BCUT2D eigenvalue weighted by Gasteiger charge is -2.06. The van der Waals surface area contributed by atoms with E-state index in [4.69, 9.17) is 4.74 Å². The fourth-order valence-electron chi connectivity index (χ4n) is 1.75. The van der Waals surface area contributed by atoms with Gasteiger partial charge < -0.3 is 4.74 Å². The van der Waals surface area contributed by atoms with Crippen LogP contribution < -0.4 is 4.74 Å². The fourth-order valence-corrected chi connectivity index (χ4v) is 2.48. The Bertz CT molecular complexity index is 484. The standard InChI is InChI=1S/C14H17NOS/c1-4-14-15-12(9-17-14)8-16-13-6-10(2)5-11(3)7-13/h5-7,9H,4,8H2,1-3H3. The molecule has 3 heteroatoms. The molecule has 0 atom stereocenters. The molecule has 0 saturated heterocycles. The van der Waals surface area contributed by atoms with Crippen molar-refractivity contribution < 1.29 is 4.74 Å². The molecule has 0 bridgehead atoms. The van der Waals surface area contributed by atoms with Gasteiger partial charge in [0.05, 0.1) is 10.7 Å². The molecule has 0 aliphatic rings. The first-order valence-electron chi connectivity index (χ1n) is 5.81. The quantitative estimate of drug-likeness (QED) is 0.817. The number of benzene rings is 1. The topological polar surface area (TPSA) is 22.1 Å². The summed E-state index contributed by atoms with van der Waals surface area (Å²) >= 11 is 1.70. The van der Waals surface area contributed by atoms with E-state index in [1.54, 1.807) is 11.3 Å². The molecular weight excluding hydrogens is 230 g/mol. The summed E-state index contributed by atoms with van der Waals surface area (Å²) in [5.74, 6) is 0.925. The maximum atomic E-state index is 5.76. The molecular formula is C14H17NOS. The van der Waals surface area contributed by atoms with E-state index in [0.717, 1.165) is 17.9 Å². The molecule has 0 fully saturated rings. The molecule has 2 nitrogen and oxygen atoms in total. The predicted octanol–water partition coefficient (Wildman–Crippen LogP) is 3.90. The second-order valence-electron chi connectivity index (χ2n) is 4.20. The Kier molecular flexibility index (Phi) is 3.79. The van der Waals surface area contributed by atoms with Crippen LogP contribution in [0.2, 0.25) is 0 Å². The number of aromatic nitrogens is 1. The Morgan fingerprint density at radius 1 is 1.18 bits per heavy atom. The maximum absolute atomic E-state index is 5.76. The third kappa shape index (κ3) is 3.30. The van der Waals surface area contributed by atoms with Gasteiger partial charge in [-0.2, -0.15) is 0 Å². The maximum Gasteiger partial charge on any atom is 0.131 e. The van der Waals surface area contributed by atoms with Gasteiger partial charge in [-0.1, -0.05) is 13.0 Å². The van der Waals surface area contributed by atoms with E-state index in [-0.39, 0.29) is 0 Å². The molecule has 0 saturated carbocycles. The minimum atomic E-state index is 0.555. The number of aryl methyl sites for hydroxylation is 3. The molecule has 0 amide bonds. The molecule has 0 N–H and O–H groups in total. The summed E-state index contributed by atoms with van der Waals surface area (Å²) < 4.78 is 5.76. The number of hydrogen-bond donors (Lipinski definition) is 0. The van der Waals surface area contributed by atoms with Crippen LogP contribution >= 0.6 is 11.3 Å². The van der Waals surface area contributed by atoms with Crippen molar-refractivity contribution in [2.45, 2.75) is 33.8 Å². The normalized spacial score (nSPS) is 10.5. The second-order valence-corrected chi connectivity index (χ2v) is 5.14. The highest BCUT2D eigenvalue weighted by molar-refractivity contribution is 7.09. The van der Waals surface area contributed by atoms with Crippen LogP contribution in [0.15, 0.2) is 23.6 Å². The highest BCUT2D eigenvalue weighted by atomic mass is 32.1. The lowest BCUT2D eigenvalue weighted by Crippen LogP contribution is -1.96. The van der Waals surface area contributed by atoms with Crippen LogP contribution in [0.3, 0.4) is 0 Å². The Morgan fingerprint density at radius 3 is 2.47 bits per heavy atom. The average Bonchev–Trinajstić information content (AvgIpc) is 2.73. The van der Waals surface area contributed by atoms with Crippen molar-refractivity contribution in [1.82, 2.24) is 4.98 Å². The highest BCUT2D eigenvalue weighted by Crippen LogP contribution is 2.18. The van der Waals surface area contributed by atoms with Crippen LogP contribution in [-0.2, 0) is 13.0 Å². The number of hydrogen-bond acceptors (Lipinski definition) is 3. The minimum Gasteiger partial charge on any atom is -0.487 e. The fraction of sp³-hybridized carbons (Fsp3) is 0.357. The Morgan fingerprint density at radius 2 is 1.88 bits per heavy atom. The van der Waals surface area contributed by atoms with E-state index in [1.165, 1.54) is 16.1 Å². The Hall–Kier alpha value is -1.35. The summed E-state index contributed by atoms with van der Waals surface area (Å²) in [6, 6.07) is 6.26. The second kappa shape index (κ2) is 5.32. The van der Waals surface area contributed by atoms with E-state index in [0.29, 0.717) is 6.61 Å². The van der Waals surface area contributed by atoms with Crippen LogP contribution in [0.5, 0.6) is 5.75 Å². The lowest BCUT2D eigenvalue weighted by atomic mass is 10.1. The van der Waals surface area contributed by atoms with Crippen LogP contribution in [-0.4, -0.2) is 4.98 Å². The summed E-state index contributed by atoms with van der Waals surface area (Å²) in [4.78, 5) is 4.48. The van der Waals surface area contributed by atoms with Gasteiger partial charge in [0.1, 0.15) is 12.4 Å². The smallest absolute Gasteiger partial charge is 0.131 e. The summed E-state index contributed by atoms with van der Waals surface area (Å²) in [7, 11) is 0. The van der Waals surface area contributed by atoms with Gasteiger partial charge >= 0.3 is 0 Å². The highest BCUT2D eigenvalue weighted by Gasteiger charge is 2.02. The largest absolute Gasteiger partial charge is 0.487 e. The number of nitrogens with zero attached hydrogens (tertiary/aromatic N) is 1. The van der Waals surface area contributed by atoms with Crippen molar-refractivity contribution in [3.8, 4) is 5.75 Å². The van der Waals surface area contributed by atoms with Crippen molar-refractivity contribution in [3.63, 3.8) is 0 Å². The van der Waals surface area contributed by atoms with Gasteiger partial charge in [-0.15, -0.1) is 11.3 Å². The van der Waals surface area contributed by atoms with Gasteiger partial charge in [-0.3, -0.25) is 0 Å². The van der Waals surface area contributed by atoms with Crippen molar-refractivity contribution in [2.24, 2.45) is 0 Å². The zero-order chi connectivity index (χ0) is 12.3. The molecule has 1 aromatic carbocycles. The Labute approximate surface area is 106 Å². The third-order valence-corrected chi connectivity index (χ3v) is 3.53. The SMILES string of the molecule is CCc1nc(COc2cc(C)cc(C)c2)cs1. The molecule has 17 heavy (non-hydrogen) atoms. The van der Waals surface area contributed by atoms with E-state index in [2.05, 4.69) is 49.3 Å². The predicted molar refractivity (Wildman–Crippen MR) is 71.7 cm³/mol. The van der Waals surface area contributed by atoms with Gasteiger partial charge in [0.15, 0.2) is 0 Å². The monoisotopic (exact) mass is 247 g/mol. The molecule has 2 rings (SSSR count). The van der Waals surface area contributed by atoms with E-state index in [9.17, 15) is 0 Å². The van der Waals surface area contributed by atoms with Crippen LogP contribution in [0.25, 0.3) is 0 Å². The third-order valence-electron chi connectivity index (χ3n) is 2.48. The molecule has 0 unspecified atom stereocenters. The zero-order valence-electron chi connectivity index (χ0n) is 10.5. The molecule has 1 aromatic heterocycles. The van der Waals surface area contributed by atoms with Crippen LogP contribution in [0, 0.1) is 13.8 Å². The molecule has 0 radical (unpaired) electrons. The Balaban J connectivity index is 2.01. The minimum absolute atomic E-state index is 0.555. The molecule has 2 aromatic rings. The van der Waals surface area contributed by atoms with E-state index >= 15 is 0 Å². The number of ether oxygens (including phenoxy) is 1. The molecule has 0 aliphatic carbocycles. The van der Waals surface area contributed by atoms with Gasteiger partial charge in [0.25, 0.3) is 0 Å². The molecule has 0 spiro atoms. The average molecular weight is 247 g/mol. The first-order valence-corrected chi connectivity index (χ1v) is 6.69. The molecule has 90 valence electrons. The van der Waals surface area contributed by atoms with Crippen molar-refractivity contribution in [3.05, 3.63) is 45.4 Å². The summed E-state index contributed by atoms with van der Waals surface area (Å²) in [5.41, 5.74) is 3.48. The van der Waals surface area contributed by atoms with E-state index in [1.807, 2.05) is 0 Å². The van der Waals surface area contributed by atoms with Gasteiger partial charge in [-0.05, 0) is 43.5 Å². The summed E-state index contributed by atoms with van der Waals surface area (Å²) in [5, 5.41) is 3.24. The molecule has 0 aliphatic heterocycles. The van der Waals surface area contributed by atoms with Crippen LogP contribution in [0.1, 0.15) is 28.8 Å². The number of thiazole rings is 1. The van der Waals surface area contributed by atoms with Crippen molar-refractivity contribution >= 4 is 11.3 Å². The van der Waals surface area contributed by atoms with Crippen LogP contribution in [0.4, 0.5) is 0 Å². The lowest BCUT2D eigenvalue weighted by molar-refractivity contribution is 0.301. The first-order chi connectivity index (χ1) is 8.17. The van der Waals surface area contributed by atoms with Crippen molar-refractivity contribution in [2.75, 3.05) is 0 Å². The van der Waals surface area contributed by atoms with Gasteiger partial charge in [-0.25, -0.2) is 4.98 Å².